The molecule has 8 heteroatoms. The minimum Gasteiger partial charge on any atom is -0.390 e. The lowest BCUT2D eigenvalue weighted by Crippen LogP contribution is -2.26. The van der Waals surface area contributed by atoms with E-state index in [1.54, 1.807) is 24.3 Å². The predicted molar refractivity (Wildman–Crippen MR) is 100 cm³/mol. The number of rotatable bonds is 5. The smallest absolute Gasteiger partial charge is 0.390 e. The van der Waals surface area contributed by atoms with E-state index in [0.29, 0.717) is 16.2 Å². The monoisotopic (exact) mass is 393 g/mol. The number of aliphatic imine (C=N–C) groups is 1. The number of allylic oxidation sites excluding steroid dienone is 2. The molecule has 4 nitrogen and oxygen atoms in total. The van der Waals surface area contributed by atoms with Crippen LogP contribution in [0.4, 0.5) is 13.2 Å². The third-order valence-corrected chi connectivity index (χ3v) is 3.78. The third kappa shape index (κ3) is 4.98. The highest BCUT2D eigenvalue weighted by Crippen LogP contribution is 2.32. The van der Waals surface area contributed by atoms with Crippen molar-refractivity contribution in [2.75, 3.05) is 0 Å². The summed E-state index contributed by atoms with van der Waals surface area (Å²) in [6.07, 6.45) is -2.35. The van der Waals surface area contributed by atoms with Crippen molar-refractivity contribution in [2.24, 2.45) is 10.7 Å². The fourth-order valence-electron chi connectivity index (χ4n) is 2.33. The maximum atomic E-state index is 13.2. The Kier molecular flexibility index (Phi) is 6.41. The molecule has 0 radical (unpaired) electrons. The van der Waals surface area contributed by atoms with Gasteiger partial charge in [-0.25, -0.2) is 4.99 Å². The maximum absolute atomic E-state index is 13.2. The van der Waals surface area contributed by atoms with E-state index < -0.39 is 23.2 Å². The SMILES string of the molecule is C=C/C(=C(\N=CN)NC(=O)c1ccccc1C(F)(F)F)c1ccc(Cl)cc1. The predicted octanol–water partition coefficient (Wildman–Crippen LogP) is 4.63. The highest BCUT2D eigenvalue weighted by atomic mass is 35.5. The first kappa shape index (κ1) is 20.3. The summed E-state index contributed by atoms with van der Waals surface area (Å²) in [4.78, 5) is 16.4. The Morgan fingerprint density at radius 3 is 2.33 bits per heavy atom. The molecule has 2 rings (SSSR count). The first-order chi connectivity index (χ1) is 12.8. The zero-order valence-electron chi connectivity index (χ0n) is 13.9. The van der Waals surface area contributed by atoms with E-state index in [4.69, 9.17) is 17.3 Å². The number of carbonyl (C=O) groups is 1. The van der Waals surface area contributed by atoms with Gasteiger partial charge in [-0.05, 0) is 29.8 Å². The van der Waals surface area contributed by atoms with Gasteiger partial charge in [0.25, 0.3) is 5.91 Å². The molecule has 0 aromatic heterocycles. The molecule has 0 saturated heterocycles. The molecule has 2 aromatic rings. The first-order valence-electron chi connectivity index (χ1n) is 7.62. The molecule has 0 atom stereocenters. The van der Waals surface area contributed by atoms with E-state index in [2.05, 4.69) is 16.9 Å². The van der Waals surface area contributed by atoms with Crippen LogP contribution in [-0.4, -0.2) is 12.2 Å². The highest BCUT2D eigenvalue weighted by molar-refractivity contribution is 6.30. The molecule has 140 valence electrons. The number of nitrogens with zero attached hydrogens (tertiary/aromatic N) is 1. The highest BCUT2D eigenvalue weighted by Gasteiger charge is 2.35. The molecule has 3 N–H and O–H groups in total. The topological polar surface area (TPSA) is 67.5 Å². The summed E-state index contributed by atoms with van der Waals surface area (Å²) in [6.45, 7) is 3.66. The van der Waals surface area contributed by atoms with Gasteiger partial charge in [0.1, 0.15) is 5.82 Å². The zero-order chi connectivity index (χ0) is 20.0. The van der Waals surface area contributed by atoms with E-state index >= 15 is 0 Å². The van der Waals surface area contributed by atoms with Gasteiger partial charge >= 0.3 is 6.18 Å². The second-order valence-corrected chi connectivity index (χ2v) is 5.69. The van der Waals surface area contributed by atoms with Crippen LogP contribution in [0.25, 0.3) is 5.57 Å². The van der Waals surface area contributed by atoms with Gasteiger partial charge in [-0.1, -0.05) is 48.5 Å². The van der Waals surface area contributed by atoms with E-state index in [0.717, 1.165) is 18.5 Å². The van der Waals surface area contributed by atoms with Crippen LogP contribution in [0, 0.1) is 0 Å². The van der Waals surface area contributed by atoms with Crippen LogP contribution < -0.4 is 11.1 Å². The summed E-state index contributed by atoms with van der Waals surface area (Å²) in [7, 11) is 0. The number of hydrogen-bond acceptors (Lipinski definition) is 2. The number of alkyl halides is 3. The van der Waals surface area contributed by atoms with Gasteiger partial charge in [0.2, 0.25) is 0 Å². The summed E-state index contributed by atoms with van der Waals surface area (Å²) >= 11 is 5.86. The van der Waals surface area contributed by atoms with E-state index in [1.807, 2.05) is 0 Å². The van der Waals surface area contributed by atoms with Crippen molar-refractivity contribution in [3.63, 3.8) is 0 Å². The second kappa shape index (κ2) is 8.55. The van der Waals surface area contributed by atoms with Gasteiger partial charge in [-0.2, -0.15) is 13.2 Å². The molecule has 1 amide bonds. The molecule has 0 saturated carbocycles. The minimum absolute atomic E-state index is 0.0446. The Morgan fingerprint density at radius 1 is 1.15 bits per heavy atom. The van der Waals surface area contributed by atoms with E-state index in [9.17, 15) is 18.0 Å². The zero-order valence-corrected chi connectivity index (χ0v) is 14.7. The average Bonchev–Trinajstić information content (AvgIpc) is 2.63. The standard InChI is InChI=1S/C19H15ClF3N3O/c1-2-14(12-7-9-13(20)10-8-12)17(25-11-24)26-18(27)15-5-3-4-6-16(15)19(21,22)23/h2-11H,1H2,(H2,24,25)(H,26,27)/b17-14-. The van der Waals surface area contributed by atoms with Gasteiger partial charge in [0, 0.05) is 10.6 Å². The molecule has 27 heavy (non-hydrogen) atoms. The molecule has 0 spiro atoms. The van der Waals surface area contributed by atoms with Gasteiger partial charge in [-0.15, -0.1) is 0 Å². The number of nitrogens with two attached hydrogens (primary N) is 1. The normalized spacial score (nSPS) is 12.6. The summed E-state index contributed by atoms with van der Waals surface area (Å²) in [5.41, 5.74) is 4.70. The number of benzene rings is 2. The summed E-state index contributed by atoms with van der Waals surface area (Å²) in [6, 6.07) is 11.0. The molecule has 0 unspecified atom stereocenters. The molecule has 0 heterocycles. The lowest BCUT2D eigenvalue weighted by molar-refractivity contribution is -0.137. The number of hydrogen-bond donors (Lipinski definition) is 2. The lowest BCUT2D eigenvalue weighted by atomic mass is 10.0. The Labute approximate surface area is 158 Å². The van der Waals surface area contributed by atoms with E-state index in [-0.39, 0.29) is 5.82 Å². The first-order valence-corrected chi connectivity index (χ1v) is 8.00. The van der Waals surface area contributed by atoms with Crippen molar-refractivity contribution < 1.29 is 18.0 Å². The Bertz CT molecular complexity index is 903. The molecule has 0 fully saturated rings. The fraction of sp³-hybridized carbons (Fsp3) is 0.0526. The van der Waals surface area contributed by atoms with Crippen LogP contribution in [-0.2, 0) is 6.18 Å². The summed E-state index contributed by atoms with van der Waals surface area (Å²) < 4.78 is 39.5. The molecule has 0 aliphatic carbocycles. The van der Waals surface area contributed by atoms with Crippen LogP contribution in [0.1, 0.15) is 21.5 Å². The van der Waals surface area contributed by atoms with Gasteiger partial charge in [-0.3, -0.25) is 4.79 Å². The summed E-state index contributed by atoms with van der Waals surface area (Å²) in [5.74, 6) is -1.02. The van der Waals surface area contributed by atoms with Gasteiger partial charge in [0.15, 0.2) is 0 Å². The van der Waals surface area contributed by atoms with Crippen LogP contribution in [0.5, 0.6) is 0 Å². The van der Waals surface area contributed by atoms with Crippen LogP contribution in [0.2, 0.25) is 5.02 Å². The Hall–Kier alpha value is -3.06. The number of halogens is 4. The van der Waals surface area contributed by atoms with Crippen LogP contribution in [0.3, 0.4) is 0 Å². The third-order valence-electron chi connectivity index (χ3n) is 3.53. The molecular formula is C19H15ClF3N3O. The quantitative estimate of drug-likeness (QED) is 0.442. The Morgan fingerprint density at radius 2 is 1.78 bits per heavy atom. The molecular weight excluding hydrogens is 379 g/mol. The average molecular weight is 394 g/mol. The van der Waals surface area contributed by atoms with Crippen LogP contribution >= 0.6 is 11.6 Å². The number of carbonyl (C=O) groups excluding carboxylic acids is 1. The number of amides is 1. The van der Waals surface area contributed by atoms with Crippen molar-refractivity contribution >= 4 is 29.4 Å². The lowest BCUT2D eigenvalue weighted by Gasteiger charge is -2.14. The Balaban J connectivity index is 2.49. The molecule has 0 aliphatic heterocycles. The van der Waals surface area contributed by atoms with Crippen molar-refractivity contribution in [2.45, 2.75) is 6.18 Å². The second-order valence-electron chi connectivity index (χ2n) is 5.25. The van der Waals surface area contributed by atoms with Crippen molar-refractivity contribution in [1.82, 2.24) is 5.32 Å². The maximum Gasteiger partial charge on any atom is 0.417 e. The summed E-state index contributed by atoms with van der Waals surface area (Å²) in [5, 5.41) is 2.86. The molecule has 0 aliphatic rings. The van der Waals surface area contributed by atoms with Crippen molar-refractivity contribution in [3.05, 3.63) is 88.7 Å². The van der Waals surface area contributed by atoms with Gasteiger partial charge < -0.3 is 11.1 Å². The molecule has 0 bridgehead atoms. The van der Waals surface area contributed by atoms with Crippen molar-refractivity contribution in [1.29, 1.82) is 0 Å². The molecule has 2 aromatic carbocycles. The number of nitrogens with one attached hydrogen (secondary N) is 1. The van der Waals surface area contributed by atoms with Crippen molar-refractivity contribution in [3.8, 4) is 0 Å². The van der Waals surface area contributed by atoms with Gasteiger partial charge in [0.05, 0.1) is 17.5 Å². The van der Waals surface area contributed by atoms with E-state index in [1.165, 1.54) is 18.2 Å². The van der Waals surface area contributed by atoms with Crippen LogP contribution in [0.15, 0.2) is 72.0 Å². The fourth-order valence-corrected chi connectivity index (χ4v) is 2.45. The largest absolute Gasteiger partial charge is 0.417 e. The minimum atomic E-state index is -4.67.